The molecule has 0 bridgehead atoms. The second-order valence-electron chi connectivity index (χ2n) is 2.21. The highest BCUT2D eigenvalue weighted by Crippen LogP contribution is 2.04. The van der Waals surface area contributed by atoms with Gasteiger partial charge in [-0.05, 0) is 13.8 Å². The number of carbonyl (C=O) groups is 1. The van der Waals surface area contributed by atoms with Crippen molar-refractivity contribution in [2.75, 3.05) is 7.11 Å². The fraction of sp³-hybridized carbons (Fsp3) is 0.571. The minimum Gasteiger partial charge on any atom is -0.459 e. The third-order valence-corrected chi connectivity index (χ3v) is 0.647. The largest absolute Gasteiger partial charge is 0.459 e. The van der Waals surface area contributed by atoms with Crippen LogP contribution in [0.15, 0.2) is 0 Å². The molecule has 0 atom stereocenters. The van der Waals surface area contributed by atoms with Crippen molar-refractivity contribution in [1.29, 1.82) is 0 Å². The molecule has 0 aliphatic heterocycles. The molecule has 0 unspecified atom stereocenters. The lowest BCUT2D eigenvalue weighted by molar-refractivity contribution is -0.133. The Kier molecular flexibility index (Phi) is 2.88. The fourth-order valence-electron chi connectivity index (χ4n) is 0.251. The predicted molar refractivity (Wildman–Crippen MR) is 35.0 cm³/mol. The molecule has 0 radical (unpaired) electrons. The summed E-state index contributed by atoms with van der Waals surface area (Å²) in [5, 5.41) is 0. The van der Waals surface area contributed by atoms with Crippen molar-refractivity contribution in [3.05, 3.63) is 0 Å². The number of esters is 1. The molecule has 0 amide bonds. The van der Waals surface area contributed by atoms with E-state index in [0.717, 1.165) is 0 Å². The standard InChI is InChI=1S/C7H9FO2/c1-7(2,8)5-4-6(9)10-3/h1-3H3. The van der Waals surface area contributed by atoms with Gasteiger partial charge in [0.1, 0.15) is 0 Å². The molecule has 0 aliphatic carbocycles. The first-order chi connectivity index (χ1) is 4.45. The molecule has 56 valence electrons. The zero-order chi connectivity index (χ0) is 8.20. The Bertz CT molecular complexity index is 180. The van der Waals surface area contributed by atoms with Crippen LogP contribution >= 0.6 is 0 Å². The second kappa shape index (κ2) is 3.21. The Labute approximate surface area is 59.4 Å². The maximum atomic E-state index is 12.5. The number of ether oxygens (including phenoxy) is 1. The minimum atomic E-state index is -1.63. The third kappa shape index (κ3) is 5.10. The van der Waals surface area contributed by atoms with Gasteiger partial charge in [-0.2, -0.15) is 0 Å². The average molecular weight is 144 g/mol. The highest BCUT2D eigenvalue weighted by molar-refractivity contribution is 5.88. The molecular formula is C7H9FO2. The zero-order valence-corrected chi connectivity index (χ0v) is 6.19. The number of methoxy groups -OCH3 is 1. The smallest absolute Gasteiger partial charge is 0.384 e. The highest BCUT2D eigenvalue weighted by Gasteiger charge is 2.09. The van der Waals surface area contributed by atoms with E-state index < -0.39 is 11.6 Å². The molecule has 0 fully saturated rings. The van der Waals surface area contributed by atoms with Crippen molar-refractivity contribution in [1.82, 2.24) is 0 Å². The lowest BCUT2D eigenvalue weighted by Crippen LogP contribution is -2.08. The summed E-state index contributed by atoms with van der Waals surface area (Å²) in [6, 6.07) is 0. The molecular weight excluding hydrogens is 135 g/mol. The molecule has 3 heteroatoms. The van der Waals surface area contributed by atoms with Gasteiger partial charge in [-0.25, -0.2) is 9.18 Å². The Morgan fingerprint density at radius 2 is 2.10 bits per heavy atom. The van der Waals surface area contributed by atoms with Crippen LogP contribution in [0.4, 0.5) is 4.39 Å². The van der Waals surface area contributed by atoms with Crippen molar-refractivity contribution in [2.45, 2.75) is 19.5 Å². The summed E-state index contributed by atoms with van der Waals surface area (Å²) in [6.07, 6.45) is 0. The van der Waals surface area contributed by atoms with Gasteiger partial charge in [0.25, 0.3) is 0 Å². The van der Waals surface area contributed by atoms with Crippen LogP contribution in [0.3, 0.4) is 0 Å². The Morgan fingerprint density at radius 3 is 2.40 bits per heavy atom. The molecule has 0 heterocycles. The fourth-order valence-corrected chi connectivity index (χ4v) is 0.251. The summed E-state index contributed by atoms with van der Waals surface area (Å²) in [5.74, 6) is 3.35. The molecule has 0 aliphatic rings. The molecule has 0 aromatic heterocycles. The Hall–Kier alpha value is -1.04. The van der Waals surface area contributed by atoms with Crippen molar-refractivity contribution < 1.29 is 13.9 Å². The van der Waals surface area contributed by atoms with Gasteiger partial charge < -0.3 is 4.74 Å². The average Bonchev–Trinajstić information content (AvgIpc) is 1.81. The van der Waals surface area contributed by atoms with Crippen LogP contribution in [0.1, 0.15) is 13.8 Å². The molecule has 0 saturated carbocycles. The molecule has 0 aromatic rings. The zero-order valence-electron chi connectivity index (χ0n) is 6.19. The first-order valence-electron chi connectivity index (χ1n) is 2.76. The molecule has 0 rings (SSSR count). The summed E-state index contributed by atoms with van der Waals surface area (Å²) in [4.78, 5) is 10.3. The minimum absolute atomic E-state index is 0.717. The van der Waals surface area contributed by atoms with E-state index in [4.69, 9.17) is 0 Å². The van der Waals surface area contributed by atoms with Crippen LogP contribution < -0.4 is 0 Å². The van der Waals surface area contributed by atoms with Crippen molar-refractivity contribution in [2.24, 2.45) is 0 Å². The number of hydrogen-bond acceptors (Lipinski definition) is 2. The monoisotopic (exact) mass is 144 g/mol. The SMILES string of the molecule is COC(=O)C#CC(C)(C)F. The van der Waals surface area contributed by atoms with Crippen LogP contribution in [-0.4, -0.2) is 18.7 Å². The van der Waals surface area contributed by atoms with E-state index in [-0.39, 0.29) is 0 Å². The highest BCUT2D eigenvalue weighted by atomic mass is 19.1. The van der Waals surface area contributed by atoms with Gasteiger partial charge >= 0.3 is 5.97 Å². The maximum Gasteiger partial charge on any atom is 0.384 e. The maximum absolute atomic E-state index is 12.5. The third-order valence-electron chi connectivity index (χ3n) is 0.647. The van der Waals surface area contributed by atoms with Gasteiger partial charge in [0, 0.05) is 5.92 Å². The van der Waals surface area contributed by atoms with Gasteiger partial charge in [0.2, 0.25) is 0 Å². The Morgan fingerprint density at radius 1 is 1.60 bits per heavy atom. The van der Waals surface area contributed by atoms with E-state index in [9.17, 15) is 9.18 Å². The van der Waals surface area contributed by atoms with Crippen LogP contribution in [0.5, 0.6) is 0 Å². The van der Waals surface area contributed by atoms with Crippen molar-refractivity contribution >= 4 is 5.97 Å². The first kappa shape index (κ1) is 8.96. The van der Waals surface area contributed by atoms with Gasteiger partial charge in [0.05, 0.1) is 7.11 Å². The number of rotatable bonds is 0. The Balaban J connectivity index is 4.05. The van der Waals surface area contributed by atoms with Crippen LogP contribution in [0.25, 0.3) is 0 Å². The molecule has 0 spiro atoms. The van der Waals surface area contributed by atoms with Gasteiger partial charge in [0.15, 0.2) is 5.67 Å². The quantitative estimate of drug-likeness (QED) is 0.287. The lowest BCUT2D eigenvalue weighted by atomic mass is 10.2. The summed E-state index contributed by atoms with van der Waals surface area (Å²) < 4.78 is 16.7. The predicted octanol–water partition coefficient (Wildman–Crippen LogP) is 0.911. The molecule has 0 N–H and O–H groups in total. The topological polar surface area (TPSA) is 26.3 Å². The number of halogens is 1. The number of alkyl halides is 1. The van der Waals surface area contributed by atoms with E-state index in [2.05, 4.69) is 10.7 Å². The number of hydrogen-bond donors (Lipinski definition) is 0. The first-order valence-corrected chi connectivity index (χ1v) is 2.76. The van der Waals surface area contributed by atoms with Gasteiger partial charge in [-0.15, -0.1) is 0 Å². The van der Waals surface area contributed by atoms with Gasteiger partial charge in [-0.1, -0.05) is 5.92 Å². The summed E-state index contributed by atoms with van der Waals surface area (Å²) in [6.45, 7) is 2.53. The van der Waals surface area contributed by atoms with Crippen LogP contribution in [-0.2, 0) is 9.53 Å². The molecule has 0 aromatic carbocycles. The van der Waals surface area contributed by atoms with Gasteiger partial charge in [-0.3, -0.25) is 0 Å². The van der Waals surface area contributed by atoms with Crippen LogP contribution in [0, 0.1) is 11.8 Å². The van der Waals surface area contributed by atoms with Crippen molar-refractivity contribution in [3.63, 3.8) is 0 Å². The lowest BCUT2D eigenvalue weighted by Gasteiger charge is -2.00. The van der Waals surface area contributed by atoms with E-state index in [0.29, 0.717) is 0 Å². The van der Waals surface area contributed by atoms with E-state index in [1.54, 1.807) is 0 Å². The summed E-state index contributed by atoms with van der Waals surface area (Å²) >= 11 is 0. The van der Waals surface area contributed by atoms with E-state index in [1.807, 2.05) is 5.92 Å². The second-order valence-corrected chi connectivity index (χ2v) is 2.21. The normalized spacial score (nSPS) is 9.60. The summed E-state index contributed by atoms with van der Waals surface area (Å²) in [7, 11) is 1.20. The number of carbonyl (C=O) groups excluding carboxylic acids is 1. The van der Waals surface area contributed by atoms with Crippen LogP contribution in [0.2, 0.25) is 0 Å². The van der Waals surface area contributed by atoms with Crippen molar-refractivity contribution in [3.8, 4) is 11.8 Å². The van der Waals surface area contributed by atoms with E-state index >= 15 is 0 Å². The molecule has 0 saturated heterocycles. The molecule has 10 heavy (non-hydrogen) atoms. The molecule has 2 nitrogen and oxygen atoms in total. The summed E-state index contributed by atoms with van der Waals surface area (Å²) in [5.41, 5.74) is -1.63. The van der Waals surface area contributed by atoms with E-state index in [1.165, 1.54) is 21.0 Å².